The monoisotopic (exact) mass is 490 g/mol. The van der Waals surface area contributed by atoms with E-state index in [1.807, 2.05) is 6.92 Å². The Morgan fingerprint density at radius 1 is 1.08 bits per heavy atom. The number of aliphatic hydroxyl groups is 1. The quantitative estimate of drug-likeness (QED) is 0.180. The van der Waals surface area contributed by atoms with E-state index in [4.69, 9.17) is 9.47 Å². The minimum absolute atomic E-state index is 0.0982. The Kier molecular flexibility index (Phi) is 7.26. The Bertz CT molecular complexity index is 1220. The molecule has 0 aliphatic carbocycles. The molecule has 8 heteroatoms. The van der Waals surface area contributed by atoms with Crippen molar-refractivity contribution in [2.75, 3.05) is 38.3 Å². The molecule has 0 saturated carbocycles. The van der Waals surface area contributed by atoms with E-state index in [0.29, 0.717) is 42.2 Å². The third kappa shape index (κ3) is 3.87. The maximum Gasteiger partial charge on any atom is 0.296 e. The normalized spacial score (nSPS) is 20.3. The largest absolute Gasteiger partial charge is 0.507 e. The van der Waals surface area contributed by atoms with Gasteiger partial charge >= 0.3 is 0 Å². The van der Waals surface area contributed by atoms with Gasteiger partial charge in [0.1, 0.15) is 11.5 Å². The van der Waals surface area contributed by atoms with Crippen LogP contribution in [0.5, 0.6) is 5.75 Å². The maximum absolute atomic E-state index is 14.2. The van der Waals surface area contributed by atoms with E-state index in [1.54, 1.807) is 61.7 Å². The summed E-state index contributed by atoms with van der Waals surface area (Å²) >= 11 is 0. The highest BCUT2D eigenvalue weighted by atomic mass is 16.5. The number of nitrogens with zero attached hydrogens (tertiary/aromatic N) is 2. The van der Waals surface area contributed by atoms with Gasteiger partial charge in [0, 0.05) is 37.9 Å². The van der Waals surface area contributed by atoms with Crippen molar-refractivity contribution in [1.82, 2.24) is 4.90 Å². The number of carbonyl (C=O) groups excluding carboxylic acids is 3. The van der Waals surface area contributed by atoms with Crippen molar-refractivity contribution in [3.63, 3.8) is 0 Å². The third-order valence-electron chi connectivity index (χ3n) is 6.45. The summed E-state index contributed by atoms with van der Waals surface area (Å²) in [6.45, 7) is 6.92. The van der Waals surface area contributed by atoms with Crippen LogP contribution in [-0.2, 0) is 24.7 Å². The second-order valence-electron chi connectivity index (χ2n) is 8.66. The SMILES string of the molecule is C=CCN1C(=O)[C@]2(C(=C(O)c3ccc(OCCC)cc3)C(=O)C(=O)N2CCCOC)c2ccccc21. The summed E-state index contributed by atoms with van der Waals surface area (Å²) in [5.74, 6) is -2.01. The lowest BCUT2D eigenvalue weighted by molar-refractivity contribution is -0.143. The Hall–Kier alpha value is -3.91. The van der Waals surface area contributed by atoms with Gasteiger partial charge in [0.05, 0.1) is 17.9 Å². The number of aliphatic hydroxyl groups excluding tert-OH is 1. The van der Waals surface area contributed by atoms with E-state index >= 15 is 0 Å². The minimum Gasteiger partial charge on any atom is -0.507 e. The molecular formula is C28H30N2O6. The molecule has 0 bridgehead atoms. The van der Waals surface area contributed by atoms with E-state index in [-0.39, 0.29) is 18.7 Å². The number of hydrogen-bond acceptors (Lipinski definition) is 6. The molecule has 36 heavy (non-hydrogen) atoms. The number of ether oxygens (including phenoxy) is 2. The predicted octanol–water partition coefficient (Wildman–Crippen LogP) is 3.62. The van der Waals surface area contributed by atoms with E-state index in [0.717, 1.165) is 6.42 Å². The molecule has 0 aromatic heterocycles. The lowest BCUT2D eigenvalue weighted by Gasteiger charge is -2.34. The first-order chi connectivity index (χ1) is 17.4. The molecule has 1 N–H and O–H groups in total. The summed E-state index contributed by atoms with van der Waals surface area (Å²) in [7, 11) is 1.54. The van der Waals surface area contributed by atoms with Crippen LogP contribution in [0.4, 0.5) is 5.69 Å². The summed E-state index contributed by atoms with van der Waals surface area (Å²) in [4.78, 5) is 43.8. The molecule has 1 atom stereocenters. The topological polar surface area (TPSA) is 96.4 Å². The van der Waals surface area contributed by atoms with Crippen molar-refractivity contribution < 1.29 is 29.0 Å². The van der Waals surface area contributed by atoms with Crippen LogP contribution in [0.1, 0.15) is 30.9 Å². The second kappa shape index (κ2) is 10.4. The molecule has 0 unspecified atom stereocenters. The van der Waals surface area contributed by atoms with E-state index in [2.05, 4.69) is 6.58 Å². The van der Waals surface area contributed by atoms with Crippen LogP contribution in [0.15, 0.2) is 66.8 Å². The van der Waals surface area contributed by atoms with Crippen molar-refractivity contribution in [3.05, 3.63) is 77.9 Å². The molecule has 1 fully saturated rings. The molecule has 2 amide bonds. The summed E-state index contributed by atoms with van der Waals surface area (Å²) in [6, 6.07) is 13.6. The summed E-state index contributed by atoms with van der Waals surface area (Å²) < 4.78 is 10.8. The number of benzene rings is 2. The second-order valence-corrected chi connectivity index (χ2v) is 8.66. The highest BCUT2D eigenvalue weighted by Gasteiger charge is 2.66. The average molecular weight is 491 g/mol. The number of likely N-dealkylation sites (tertiary alicyclic amines) is 1. The lowest BCUT2D eigenvalue weighted by Crippen LogP contribution is -2.52. The highest BCUT2D eigenvalue weighted by Crippen LogP contribution is 2.53. The van der Waals surface area contributed by atoms with Crippen LogP contribution < -0.4 is 9.64 Å². The first-order valence-electron chi connectivity index (χ1n) is 12.0. The molecule has 2 aliphatic heterocycles. The third-order valence-corrected chi connectivity index (χ3v) is 6.45. The first kappa shape index (κ1) is 25.2. The van der Waals surface area contributed by atoms with Gasteiger partial charge in [-0.25, -0.2) is 0 Å². The highest BCUT2D eigenvalue weighted by molar-refractivity contribution is 6.50. The number of ketones is 1. The zero-order valence-electron chi connectivity index (χ0n) is 20.5. The van der Waals surface area contributed by atoms with Gasteiger partial charge in [0.2, 0.25) is 0 Å². The van der Waals surface area contributed by atoms with Crippen molar-refractivity contribution in [2.24, 2.45) is 0 Å². The van der Waals surface area contributed by atoms with E-state index in [1.165, 1.54) is 9.80 Å². The fourth-order valence-corrected chi connectivity index (χ4v) is 4.92. The predicted molar refractivity (Wildman–Crippen MR) is 136 cm³/mol. The number of rotatable bonds is 10. The summed E-state index contributed by atoms with van der Waals surface area (Å²) in [5.41, 5.74) is -0.687. The van der Waals surface area contributed by atoms with Crippen LogP contribution in [0.2, 0.25) is 0 Å². The van der Waals surface area contributed by atoms with Gasteiger partial charge in [-0.15, -0.1) is 6.58 Å². The van der Waals surface area contributed by atoms with Crippen molar-refractivity contribution in [3.8, 4) is 5.75 Å². The molecule has 2 heterocycles. The van der Waals surface area contributed by atoms with Gasteiger partial charge in [-0.05, 0) is 43.2 Å². The Labute approximate surface area is 210 Å². The molecule has 2 aliphatic rings. The number of hydrogen-bond donors (Lipinski definition) is 1. The molecule has 188 valence electrons. The number of fused-ring (bicyclic) bond motifs is 2. The zero-order chi connectivity index (χ0) is 25.9. The van der Waals surface area contributed by atoms with Gasteiger partial charge in [0.15, 0.2) is 5.54 Å². The van der Waals surface area contributed by atoms with Gasteiger partial charge in [-0.3, -0.25) is 14.4 Å². The average Bonchev–Trinajstić information content (AvgIpc) is 3.27. The Morgan fingerprint density at radius 2 is 1.81 bits per heavy atom. The van der Waals surface area contributed by atoms with E-state index < -0.39 is 28.9 Å². The number of anilines is 1. The van der Waals surface area contributed by atoms with Crippen LogP contribution in [0, 0.1) is 0 Å². The molecule has 0 radical (unpaired) electrons. The number of methoxy groups -OCH3 is 1. The minimum atomic E-state index is -1.79. The fraction of sp³-hybridized carbons (Fsp3) is 0.321. The molecule has 8 nitrogen and oxygen atoms in total. The molecule has 1 saturated heterocycles. The van der Waals surface area contributed by atoms with Crippen LogP contribution in [-0.4, -0.2) is 61.0 Å². The Balaban J connectivity index is 1.94. The first-order valence-corrected chi connectivity index (χ1v) is 12.0. The standard InChI is InChI=1S/C28H30N2O6/c1-4-15-29-22-10-7-6-9-21(22)28(27(29)34)23(25(32)26(33)30(28)16-8-18-35-3)24(31)19-11-13-20(14-12-19)36-17-5-2/h4,6-7,9-14,31H,1,5,8,15-18H2,2-3H3/t28-/m1/s1. The number of para-hydroxylation sites is 1. The summed E-state index contributed by atoms with van der Waals surface area (Å²) in [6.07, 6.45) is 2.84. The Morgan fingerprint density at radius 3 is 2.47 bits per heavy atom. The molecule has 2 aromatic rings. The van der Waals surface area contributed by atoms with Gasteiger partial charge < -0.3 is 24.4 Å². The number of Topliss-reactive ketones (excluding diaryl/α,β-unsaturated/α-hetero) is 1. The fourth-order valence-electron chi connectivity index (χ4n) is 4.92. The van der Waals surface area contributed by atoms with Gasteiger partial charge in [-0.1, -0.05) is 31.2 Å². The molecular weight excluding hydrogens is 460 g/mol. The van der Waals surface area contributed by atoms with Gasteiger partial charge in [-0.2, -0.15) is 0 Å². The molecule has 4 rings (SSSR count). The van der Waals surface area contributed by atoms with Crippen molar-refractivity contribution in [1.29, 1.82) is 0 Å². The van der Waals surface area contributed by atoms with Crippen molar-refractivity contribution >= 4 is 29.0 Å². The van der Waals surface area contributed by atoms with Crippen LogP contribution in [0.25, 0.3) is 5.76 Å². The summed E-state index contributed by atoms with van der Waals surface area (Å²) in [5, 5.41) is 11.5. The number of carbonyl (C=O) groups is 3. The maximum atomic E-state index is 14.2. The van der Waals surface area contributed by atoms with Crippen LogP contribution in [0.3, 0.4) is 0 Å². The van der Waals surface area contributed by atoms with Crippen LogP contribution >= 0.6 is 0 Å². The molecule has 2 aromatic carbocycles. The molecule has 1 spiro atoms. The number of amides is 2. The smallest absolute Gasteiger partial charge is 0.296 e. The van der Waals surface area contributed by atoms with Crippen molar-refractivity contribution in [2.45, 2.75) is 25.3 Å². The van der Waals surface area contributed by atoms with E-state index in [9.17, 15) is 19.5 Å². The lowest BCUT2D eigenvalue weighted by atomic mass is 9.82. The van der Waals surface area contributed by atoms with Gasteiger partial charge in [0.25, 0.3) is 17.6 Å². The zero-order valence-corrected chi connectivity index (χ0v) is 20.5.